The number of hydrogen-bond donors (Lipinski definition) is 0. The molecule has 2 aliphatic rings. The highest BCUT2D eigenvalue weighted by Gasteiger charge is 2.37. The Morgan fingerprint density at radius 2 is 1.86 bits per heavy atom. The number of sulfonamides is 1. The van der Waals surface area contributed by atoms with Crippen molar-refractivity contribution in [3.8, 4) is 0 Å². The number of carbonyl (C=O) groups excluding carboxylic acids is 1. The number of amides is 1. The van der Waals surface area contributed by atoms with Crippen LogP contribution in [0.15, 0.2) is 23.1 Å². The molecule has 1 aliphatic heterocycles. The van der Waals surface area contributed by atoms with Crippen molar-refractivity contribution in [1.29, 1.82) is 0 Å². The lowest BCUT2D eigenvalue weighted by Gasteiger charge is -2.30. The third-order valence-electron chi connectivity index (χ3n) is 7.48. The van der Waals surface area contributed by atoms with E-state index in [2.05, 4.69) is 4.57 Å². The molecule has 1 aromatic carbocycles. The molecule has 194 valence electrons. The highest BCUT2D eigenvalue weighted by atomic mass is 32.2. The number of fused-ring (bicyclic) bond motifs is 1. The zero-order valence-electron chi connectivity index (χ0n) is 21.2. The summed E-state index contributed by atoms with van der Waals surface area (Å²) in [6.07, 6.45) is 1.35. The second kappa shape index (κ2) is 9.10. The van der Waals surface area contributed by atoms with Gasteiger partial charge in [-0.1, -0.05) is 20.8 Å². The molecule has 1 atom stereocenters. The van der Waals surface area contributed by atoms with Gasteiger partial charge >= 0.3 is 0 Å². The van der Waals surface area contributed by atoms with Crippen LogP contribution in [-0.2, 0) is 26.8 Å². The van der Waals surface area contributed by atoms with Crippen LogP contribution in [0, 0.1) is 5.92 Å². The van der Waals surface area contributed by atoms with Crippen LogP contribution in [0.4, 0.5) is 8.78 Å². The van der Waals surface area contributed by atoms with E-state index < -0.39 is 15.9 Å². The van der Waals surface area contributed by atoms with E-state index in [1.54, 1.807) is 30.1 Å². The van der Waals surface area contributed by atoms with Crippen LogP contribution in [-0.4, -0.2) is 65.2 Å². The average molecular weight is 511 g/mol. The molecule has 0 N–H and O–H groups in total. The molecule has 4 rings (SSSR count). The van der Waals surface area contributed by atoms with Crippen LogP contribution in [0.1, 0.15) is 65.6 Å². The topological polar surface area (TPSA) is 75.5 Å². The maximum absolute atomic E-state index is 13.7. The van der Waals surface area contributed by atoms with E-state index in [9.17, 15) is 22.0 Å². The van der Waals surface area contributed by atoms with Gasteiger partial charge < -0.3 is 9.47 Å². The number of likely N-dealkylation sites (N-methyl/N-ethyl adjacent to an activating group) is 1. The highest BCUT2D eigenvalue weighted by molar-refractivity contribution is 7.89. The van der Waals surface area contributed by atoms with E-state index in [1.807, 2.05) is 20.8 Å². The number of hydrogen-bond acceptors (Lipinski definition) is 4. The van der Waals surface area contributed by atoms with E-state index in [0.29, 0.717) is 37.9 Å². The predicted molar refractivity (Wildman–Crippen MR) is 131 cm³/mol. The Kier molecular flexibility index (Phi) is 6.76. The lowest BCUT2D eigenvalue weighted by Crippen LogP contribution is -2.38. The molecular weight excluding hydrogens is 474 g/mol. The summed E-state index contributed by atoms with van der Waals surface area (Å²) < 4.78 is 57.7. The molecule has 1 aliphatic carbocycles. The monoisotopic (exact) mass is 510 g/mol. The van der Waals surface area contributed by atoms with Crippen LogP contribution in [0.5, 0.6) is 0 Å². The maximum Gasteiger partial charge on any atom is 0.248 e. The number of aromatic nitrogens is 2. The number of benzene rings is 1. The summed E-state index contributed by atoms with van der Waals surface area (Å²) in [4.78, 5) is 18.3. The van der Waals surface area contributed by atoms with Crippen molar-refractivity contribution in [2.45, 2.75) is 88.6 Å². The number of carbonyl (C=O) groups is 1. The van der Waals surface area contributed by atoms with Gasteiger partial charge in [0.1, 0.15) is 5.82 Å². The third kappa shape index (κ3) is 5.23. The van der Waals surface area contributed by atoms with Gasteiger partial charge in [0, 0.05) is 57.9 Å². The van der Waals surface area contributed by atoms with Crippen molar-refractivity contribution in [2.24, 2.45) is 5.92 Å². The molecule has 1 saturated heterocycles. The summed E-state index contributed by atoms with van der Waals surface area (Å²) in [6.45, 7) is 8.85. The maximum atomic E-state index is 13.7. The summed E-state index contributed by atoms with van der Waals surface area (Å²) in [5.41, 5.74) is 1.12. The van der Waals surface area contributed by atoms with Crippen molar-refractivity contribution in [3.05, 3.63) is 24.0 Å². The molecule has 10 heteroatoms. The summed E-state index contributed by atoms with van der Waals surface area (Å²) in [6, 6.07) is 4.88. The van der Waals surface area contributed by atoms with Crippen molar-refractivity contribution in [3.63, 3.8) is 0 Å². The Labute approximate surface area is 206 Å². The highest BCUT2D eigenvalue weighted by Crippen LogP contribution is 2.38. The fourth-order valence-electron chi connectivity index (χ4n) is 5.22. The number of alkyl halides is 2. The lowest BCUT2D eigenvalue weighted by molar-refractivity contribution is -0.129. The van der Waals surface area contributed by atoms with Gasteiger partial charge in [-0.3, -0.25) is 4.79 Å². The van der Waals surface area contributed by atoms with Gasteiger partial charge in [-0.15, -0.1) is 0 Å². The second-order valence-electron chi connectivity index (χ2n) is 11.2. The molecule has 2 aromatic rings. The SMILES string of the molecule is CC(=O)N(C)[C@H]1CCN(S(=O)(=O)c2ccc3c(c2)nc(C(C)(C)C)n3CC2CCC(F)(F)CC2)C1. The van der Waals surface area contributed by atoms with Crippen molar-refractivity contribution < 1.29 is 22.0 Å². The first-order valence-corrected chi connectivity index (χ1v) is 13.8. The van der Waals surface area contributed by atoms with Gasteiger partial charge in [-0.05, 0) is 43.4 Å². The minimum absolute atomic E-state index is 0.0856. The van der Waals surface area contributed by atoms with Crippen molar-refractivity contribution in [2.75, 3.05) is 20.1 Å². The van der Waals surface area contributed by atoms with E-state index in [4.69, 9.17) is 4.98 Å². The first kappa shape index (κ1) is 26.0. The Hall–Kier alpha value is -2.07. The molecule has 2 fully saturated rings. The van der Waals surface area contributed by atoms with Gasteiger partial charge in [0.05, 0.1) is 15.9 Å². The second-order valence-corrected chi connectivity index (χ2v) is 13.1. The van der Waals surface area contributed by atoms with Gasteiger partial charge in [0.2, 0.25) is 21.9 Å². The van der Waals surface area contributed by atoms with E-state index >= 15 is 0 Å². The average Bonchev–Trinajstić information content (AvgIpc) is 3.40. The molecule has 2 heterocycles. The largest absolute Gasteiger partial charge is 0.342 e. The van der Waals surface area contributed by atoms with Crippen LogP contribution < -0.4 is 0 Å². The fourth-order valence-corrected chi connectivity index (χ4v) is 6.73. The first-order chi connectivity index (χ1) is 16.2. The number of rotatable bonds is 5. The van der Waals surface area contributed by atoms with Crippen LogP contribution in [0.3, 0.4) is 0 Å². The predicted octanol–water partition coefficient (Wildman–Crippen LogP) is 4.40. The summed E-state index contributed by atoms with van der Waals surface area (Å²) >= 11 is 0. The Morgan fingerprint density at radius 1 is 1.20 bits per heavy atom. The van der Waals surface area contributed by atoms with E-state index in [-0.39, 0.29) is 47.6 Å². The molecule has 1 saturated carbocycles. The van der Waals surface area contributed by atoms with Crippen LogP contribution >= 0.6 is 0 Å². The van der Waals surface area contributed by atoms with Crippen LogP contribution in [0.2, 0.25) is 0 Å². The minimum Gasteiger partial charge on any atom is -0.342 e. The van der Waals surface area contributed by atoms with Gasteiger partial charge in [-0.25, -0.2) is 22.2 Å². The lowest BCUT2D eigenvalue weighted by atomic mass is 9.86. The summed E-state index contributed by atoms with van der Waals surface area (Å²) in [5.74, 6) is -1.70. The van der Waals surface area contributed by atoms with Gasteiger partial charge in [0.25, 0.3) is 0 Å². The first-order valence-electron chi connectivity index (χ1n) is 12.3. The minimum atomic E-state index is -3.74. The molecule has 1 aromatic heterocycles. The number of imidazole rings is 1. The van der Waals surface area contributed by atoms with E-state index in [0.717, 1.165) is 11.3 Å². The number of halogens is 2. The smallest absolute Gasteiger partial charge is 0.248 e. The number of nitrogens with zero attached hydrogens (tertiary/aromatic N) is 4. The standard InChI is InChI=1S/C25H36F2N4O3S/c1-17(32)29(5)19-10-13-30(16-19)35(33,34)20-6-7-22-21(14-20)28-23(24(2,3)4)31(22)15-18-8-11-25(26,27)12-9-18/h6-7,14,18-19H,8-13,15-16H2,1-5H3/t19-/m0/s1. The van der Waals surface area contributed by atoms with Crippen LogP contribution in [0.25, 0.3) is 11.0 Å². The molecule has 1 amide bonds. The summed E-state index contributed by atoms with van der Waals surface area (Å²) in [5, 5.41) is 0. The summed E-state index contributed by atoms with van der Waals surface area (Å²) in [7, 11) is -2.04. The van der Waals surface area contributed by atoms with E-state index in [1.165, 1.54) is 11.2 Å². The molecule has 0 spiro atoms. The Bertz CT molecular complexity index is 1210. The zero-order valence-corrected chi connectivity index (χ0v) is 22.0. The quantitative estimate of drug-likeness (QED) is 0.598. The molecular formula is C25H36F2N4O3S. The van der Waals surface area contributed by atoms with Crippen molar-refractivity contribution in [1.82, 2.24) is 18.8 Å². The Balaban J connectivity index is 1.63. The molecule has 0 bridgehead atoms. The Morgan fingerprint density at radius 3 is 2.46 bits per heavy atom. The van der Waals surface area contributed by atoms with Crippen molar-refractivity contribution >= 4 is 27.0 Å². The fraction of sp³-hybridized carbons (Fsp3) is 0.680. The van der Waals surface area contributed by atoms with Gasteiger partial charge in [-0.2, -0.15) is 4.31 Å². The zero-order chi connectivity index (χ0) is 25.8. The normalized spacial score (nSPS) is 22.1. The third-order valence-corrected chi connectivity index (χ3v) is 9.34. The molecule has 7 nitrogen and oxygen atoms in total. The molecule has 0 unspecified atom stereocenters. The van der Waals surface area contributed by atoms with Gasteiger partial charge in [0.15, 0.2) is 0 Å². The molecule has 35 heavy (non-hydrogen) atoms. The molecule has 0 radical (unpaired) electrons.